The molecular formula is C11H13FO2. The molecule has 14 heavy (non-hydrogen) atoms. The molecule has 0 unspecified atom stereocenters. The van der Waals surface area contributed by atoms with Gasteiger partial charge in [-0.05, 0) is 24.6 Å². The number of hydrogen-bond donors (Lipinski definition) is 1. The molecule has 0 aliphatic heterocycles. The summed E-state index contributed by atoms with van der Waals surface area (Å²) in [4.78, 5) is 0. The lowest BCUT2D eigenvalue weighted by Gasteiger charge is -2.08. The van der Waals surface area contributed by atoms with Crippen LogP contribution in [0.4, 0.5) is 4.39 Å². The second kappa shape index (κ2) is 5.40. The Bertz CT molecular complexity index is 310. The van der Waals surface area contributed by atoms with Crippen LogP contribution in [0.25, 0.3) is 0 Å². The van der Waals surface area contributed by atoms with Gasteiger partial charge in [0, 0.05) is 5.56 Å². The summed E-state index contributed by atoms with van der Waals surface area (Å²) in [6.45, 7) is 3.83. The fraction of sp³-hybridized carbons (Fsp3) is 0.273. The topological polar surface area (TPSA) is 29.5 Å². The minimum Gasteiger partial charge on any atom is -0.493 e. The highest BCUT2D eigenvalue weighted by atomic mass is 19.1. The van der Waals surface area contributed by atoms with Gasteiger partial charge in [0.15, 0.2) is 0 Å². The number of halogens is 1. The van der Waals surface area contributed by atoms with Crippen molar-refractivity contribution in [3.8, 4) is 5.75 Å². The van der Waals surface area contributed by atoms with Crippen LogP contribution in [0.15, 0.2) is 30.9 Å². The minimum atomic E-state index is -0.370. The number of benzene rings is 1. The summed E-state index contributed by atoms with van der Waals surface area (Å²) in [5, 5.41) is 8.93. The lowest BCUT2D eigenvalue weighted by molar-refractivity contribution is 0.263. The van der Waals surface area contributed by atoms with Gasteiger partial charge in [-0.3, -0.25) is 0 Å². The van der Waals surface area contributed by atoms with Crippen molar-refractivity contribution in [2.75, 3.05) is 6.61 Å². The highest BCUT2D eigenvalue weighted by Crippen LogP contribution is 2.19. The van der Waals surface area contributed by atoms with Crippen LogP contribution in [-0.2, 0) is 6.61 Å². The van der Waals surface area contributed by atoms with Crippen molar-refractivity contribution in [2.45, 2.75) is 13.0 Å². The summed E-state index contributed by atoms with van der Waals surface area (Å²) in [5.41, 5.74) is 0.467. The molecule has 1 rings (SSSR count). The Hall–Kier alpha value is -1.35. The van der Waals surface area contributed by atoms with Gasteiger partial charge in [-0.15, -0.1) is 6.58 Å². The number of ether oxygens (including phenoxy) is 1. The summed E-state index contributed by atoms with van der Waals surface area (Å²) >= 11 is 0. The maximum Gasteiger partial charge on any atom is 0.125 e. The molecule has 0 aromatic heterocycles. The second-order valence-corrected chi connectivity index (χ2v) is 2.84. The van der Waals surface area contributed by atoms with E-state index in [1.54, 1.807) is 6.08 Å². The summed E-state index contributed by atoms with van der Waals surface area (Å²) in [6, 6.07) is 4.09. The van der Waals surface area contributed by atoms with Crippen molar-refractivity contribution in [1.82, 2.24) is 0 Å². The lowest BCUT2D eigenvalue weighted by atomic mass is 10.2. The molecule has 3 heteroatoms. The van der Waals surface area contributed by atoms with Crippen LogP contribution in [0, 0.1) is 5.82 Å². The Balaban J connectivity index is 2.69. The van der Waals surface area contributed by atoms with E-state index in [9.17, 15) is 4.39 Å². The third-order valence-corrected chi connectivity index (χ3v) is 1.77. The van der Waals surface area contributed by atoms with E-state index in [0.717, 1.165) is 6.42 Å². The van der Waals surface area contributed by atoms with Crippen LogP contribution in [0.3, 0.4) is 0 Å². The SMILES string of the molecule is C=CCCOc1ccc(F)cc1CO. The first-order chi connectivity index (χ1) is 6.77. The van der Waals surface area contributed by atoms with E-state index in [4.69, 9.17) is 9.84 Å². The largest absolute Gasteiger partial charge is 0.493 e. The van der Waals surface area contributed by atoms with Crippen molar-refractivity contribution in [3.05, 3.63) is 42.2 Å². The Kier molecular flexibility index (Phi) is 4.13. The Morgan fingerprint density at radius 1 is 1.50 bits per heavy atom. The molecule has 0 aliphatic rings. The Morgan fingerprint density at radius 2 is 2.29 bits per heavy atom. The normalized spacial score (nSPS) is 9.86. The van der Waals surface area contributed by atoms with Crippen molar-refractivity contribution in [2.24, 2.45) is 0 Å². The summed E-state index contributed by atoms with van der Waals surface area (Å²) in [6.07, 6.45) is 2.46. The first-order valence-corrected chi connectivity index (χ1v) is 4.41. The third kappa shape index (κ3) is 2.85. The summed E-state index contributed by atoms with van der Waals surface area (Å²) in [7, 11) is 0. The molecule has 0 fully saturated rings. The van der Waals surface area contributed by atoms with Gasteiger partial charge in [-0.2, -0.15) is 0 Å². The quantitative estimate of drug-likeness (QED) is 0.578. The molecule has 0 spiro atoms. The maximum absolute atomic E-state index is 12.7. The van der Waals surface area contributed by atoms with Gasteiger partial charge in [-0.1, -0.05) is 6.08 Å². The van der Waals surface area contributed by atoms with Gasteiger partial charge >= 0.3 is 0 Å². The van der Waals surface area contributed by atoms with Gasteiger partial charge in [0.05, 0.1) is 13.2 Å². The first kappa shape index (κ1) is 10.7. The zero-order valence-corrected chi connectivity index (χ0v) is 7.87. The third-order valence-electron chi connectivity index (χ3n) is 1.77. The average Bonchev–Trinajstić information content (AvgIpc) is 2.20. The van der Waals surface area contributed by atoms with Crippen molar-refractivity contribution >= 4 is 0 Å². The lowest BCUT2D eigenvalue weighted by Crippen LogP contribution is -1.99. The zero-order chi connectivity index (χ0) is 10.4. The van der Waals surface area contributed by atoms with E-state index in [0.29, 0.717) is 17.9 Å². The Morgan fingerprint density at radius 3 is 2.93 bits per heavy atom. The number of hydrogen-bond acceptors (Lipinski definition) is 2. The van der Waals surface area contributed by atoms with Crippen LogP contribution in [0.1, 0.15) is 12.0 Å². The zero-order valence-electron chi connectivity index (χ0n) is 7.87. The standard InChI is InChI=1S/C11H13FO2/c1-2-3-6-14-11-5-4-10(12)7-9(11)8-13/h2,4-5,7,13H,1,3,6,8H2. The van der Waals surface area contributed by atoms with Crippen LogP contribution in [-0.4, -0.2) is 11.7 Å². The highest BCUT2D eigenvalue weighted by Gasteiger charge is 2.03. The molecule has 0 amide bonds. The molecule has 0 radical (unpaired) electrons. The average molecular weight is 196 g/mol. The van der Waals surface area contributed by atoms with Gasteiger partial charge in [0.25, 0.3) is 0 Å². The number of aliphatic hydroxyl groups is 1. The van der Waals surface area contributed by atoms with Crippen LogP contribution in [0.5, 0.6) is 5.75 Å². The van der Waals surface area contributed by atoms with E-state index < -0.39 is 0 Å². The minimum absolute atomic E-state index is 0.221. The summed E-state index contributed by atoms with van der Waals surface area (Å²) in [5.74, 6) is 0.154. The summed E-state index contributed by atoms with van der Waals surface area (Å²) < 4.78 is 18.1. The molecule has 0 heterocycles. The molecule has 1 N–H and O–H groups in total. The number of aliphatic hydroxyl groups excluding tert-OH is 1. The fourth-order valence-corrected chi connectivity index (χ4v) is 1.06. The van der Waals surface area contributed by atoms with Crippen molar-refractivity contribution in [3.63, 3.8) is 0 Å². The molecule has 0 bridgehead atoms. The maximum atomic E-state index is 12.7. The van der Waals surface area contributed by atoms with Gasteiger partial charge in [0.2, 0.25) is 0 Å². The second-order valence-electron chi connectivity index (χ2n) is 2.84. The van der Waals surface area contributed by atoms with E-state index in [1.807, 2.05) is 0 Å². The Labute approximate surface area is 82.6 Å². The van der Waals surface area contributed by atoms with E-state index in [1.165, 1.54) is 18.2 Å². The van der Waals surface area contributed by atoms with Crippen LogP contribution in [0.2, 0.25) is 0 Å². The molecule has 0 saturated heterocycles. The van der Waals surface area contributed by atoms with Gasteiger partial charge in [0.1, 0.15) is 11.6 Å². The fourth-order valence-electron chi connectivity index (χ4n) is 1.06. The molecule has 0 saturated carbocycles. The smallest absolute Gasteiger partial charge is 0.125 e. The van der Waals surface area contributed by atoms with Crippen molar-refractivity contribution in [1.29, 1.82) is 0 Å². The molecule has 76 valence electrons. The van der Waals surface area contributed by atoms with Crippen molar-refractivity contribution < 1.29 is 14.2 Å². The molecule has 0 aliphatic carbocycles. The molecular weight excluding hydrogens is 183 g/mol. The van der Waals surface area contributed by atoms with E-state index >= 15 is 0 Å². The molecule has 0 atom stereocenters. The number of rotatable bonds is 5. The van der Waals surface area contributed by atoms with Gasteiger partial charge < -0.3 is 9.84 Å². The molecule has 1 aromatic carbocycles. The predicted molar refractivity (Wildman–Crippen MR) is 52.6 cm³/mol. The monoisotopic (exact) mass is 196 g/mol. The van der Waals surface area contributed by atoms with Crippen LogP contribution >= 0.6 is 0 Å². The van der Waals surface area contributed by atoms with Gasteiger partial charge in [-0.25, -0.2) is 4.39 Å². The molecule has 2 nitrogen and oxygen atoms in total. The highest BCUT2D eigenvalue weighted by molar-refractivity contribution is 5.33. The first-order valence-electron chi connectivity index (χ1n) is 4.41. The van der Waals surface area contributed by atoms with Crippen LogP contribution < -0.4 is 4.74 Å². The molecule has 1 aromatic rings. The predicted octanol–water partition coefficient (Wildman–Crippen LogP) is 2.27. The van der Waals surface area contributed by atoms with E-state index in [2.05, 4.69) is 6.58 Å². The van der Waals surface area contributed by atoms with E-state index in [-0.39, 0.29) is 12.4 Å².